The Morgan fingerprint density at radius 1 is 1.24 bits per heavy atom. The Morgan fingerprint density at radius 3 is 2.47 bits per heavy atom. The van der Waals surface area contributed by atoms with Gasteiger partial charge in [-0.3, -0.25) is 4.79 Å². The van der Waals surface area contributed by atoms with Gasteiger partial charge in [0.25, 0.3) is 0 Å². The standard InChI is InChI=1S/C14H15NO2/c1-10(16)12-5-7-13(8-6-12)17-11(2)14-4-3-9-15-14/h3-9,11,15H,1-2H3. The van der Waals surface area contributed by atoms with Crippen molar-refractivity contribution in [1.29, 1.82) is 0 Å². The van der Waals surface area contributed by atoms with E-state index in [4.69, 9.17) is 4.74 Å². The van der Waals surface area contributed by atoms with Crippen LogP contribution in [0.5, 0.6) is 5.75 Å². The van der Waals surface area contributed by atoms with E-state index in [0.29, 0.717) is 5.56 Å². The minimum atomic E-state index is -0.0341. The van der Waals surface area contributed by atoms with Gasteiger partial charge >= 0.3 is 0 Å². The Balaban J connectivity index is 2.06. The van der Waals surface area contributed by atoms with Crippen molar-refractivity contribution >= 4 is 5.78 Å². The number of hydrogen-bond donors (Lipinski definition) is 1. The number of aromatic amines is 1. The molecule has 0 bridgehead atoms. The quantitative estimate of drug-likeness (QED) is 0.817. The fraction of sp³-hybridized carbons (Fsp3) is 0.214. The third-order valence-corrected chi connectivity index (χ3v) is 2.63. The number of ether oxygens (including phenoxy) is 1. The highest BCUT2D eigenvalue weighted by molar-refractivity contribution is 5.94. The molecule has 2 aromatic rings. The van der Waals surface area contributed by atoms with Gasteiger partial charge < -0.3 is 9.72 Å². The summed E-state index contributed by atoms with van der Waals surface area (Å²) in [6, 6.07) is 11.1. The number of Topliss-reactive ketones (excluding diaryl/α,β-unsaturated/α-hetero) is 1. The first-order valence-electron chi connectivity index (χ1n) is 5.58. The molecule has 1 aromatic heterocycles. The number of hydrogen-bond acceptors (Lipinski definition) is 2. The lowest BCUT2D eigenvalue weighted by Gasteiger charge is -2.13. The van der Waals surface area contributed by atoms with Crippen LogP contribution in [0.3, 0.4) is 0 Å². The number of aromatic nitrogens is 1. The number of rotatable bonds is 4. The molecule has 2 rings (SSSR count). The molecule has 1 atom stereocenters. The zero-order valence-electron chi connectivity index (χ0n) is 9.94. The molecule has 0 saturated carbocycles. The second kappa shape index (κ2) is 4.87. The van der Waals surface area contributed by atoms with Crippen LogP contribution >= 0.6 is 0 Å². The summed E-state index contributed by atoms with van der Waals surface area (Å²) in [4.78, 5) is 14.2. The Bertz CT molecular complexity index is 485. The van der Waals surface area contributed by atoms with Gasteiger partial charge in [-0.05, 0) is 50.2 Å². The van der Waals surface area contributed by atoms with Crippen LogP contribution in [-0.2, 0) is 0 Å². The minimum absolute atomic E-state index is 0.0341. The highest BCUT2D eigenvalue weighted by Gasteiger charge is 2.07. The van der Waals surface area contributed by atoms with Crippen molar-refractivity contribution < 1.29 is 9.53 Å². The van der Waals surface area contributed by atoms with Gasteiger partial charge in [0.15, 0.2) is 5.78 Å². The van der Waals surface area contributed by atoms with Crippen molar-refractivity contribution in [2.45, 2.75) is 20.0 Å². The zero-order valence-corrected chi connectivity index (χ0v) is 9.94. The van der Waals surface area contributed by atoms with Crippen LogP contribution in [0.25, 0.3) is 0 Å². The predicted molar refractivity (Wildman–Crippen MR) is 66.3 cm³/mol. The van der Waals surface area contributed by atoms with Gasteiger partial charge in [-0.2, -0.15) is 0 Å². The molecule has 0 amide bonds. The average molecular weight is 229 g/mol. The van der Waals surface area contributed by atoms with Crippen LogP contribution in [-0.4, -0.2) is 10.8 Å². The molecule has 0 radical (unpaired) electrons. The predicted octanol–water partition coefficient (Wildman–Crippen LogP) is 3.36. The number of nitrogens with one attached hydrogen (secondary N) is 1. The van der Waals surface area contributed by atoms with Crippen LogP contribution in [0.1, 0.15) is 36.0 Å². The van der Waals surface area contributed by atoms with Crippen molar-refractivity contribution in [1.82, 2.24) is 4.98 Å². The second-order valence-corrected chi connectivity index (χ2v) is 3.97. The topological polar surface area (TPSA) is 42.1 Å². The first-order chi connectivity index (χ1) is 8.16. The Labute approximate surface area is 100 Å². The van der Waals surface area contributed by atoms with Crippen molar-refractivity contribution in [3.05, 3.63) is 53.9 Å². The maximum absolute atomic E-state index is 11.1. The number of H-pyrrole nitrogens is 1. The van der Waals surface area contributed by atoms with E-state index in [1.165, 1.54) is 0 Å². The summed E-state index contributed by atoms with van der Waals surface area (Å²) >= 11 is 0. The lowest BCUT2D eigenvalue weighted by molar-refractivity contribution is 0.101. The summed E-state index contributed by atoms with van der Waals surface area (Å²) < 4.78 is 5.75. The van der Waals surface area contributed by atoms with Crippen LogP contribution in [0.2, 0.25) is 0 Å². The molecule has 0 saturated heterocycles. The highest BCUT2D eigenvalue weighted by Crippen LogP contribution is 2.20. The van der Waals surface area contributed by atoms with Crippen LogP contribution in [0, 0.1) is 0 Å². The number of ketones is 1. The van der Waals surface area contributed by atoms with Crippen molar-refractivity contribution in [2.75, 3.05) is 0 Å². The summed E-state index contributed by atoms with van der Waals surface area (Å²) in [5, 5.41) is 0. The van der Waals surface area contributed by atoms with Gasteiger partial charge in [0.2, 0.25) is 0 Å². The molecule has 1 aromatic carbocycles. The third kappa shape index (κ3) is 2.75. The van der Waals surface area contributed by atoms with E-state index < -0.39 is 0 Å². The largest absolute Gasteiger partial charge is 0.485 e. The lowest BCUT2D eigenvalue weighted by Crippen LogP contribution is -2.03. The molecule has 88 valence electrons. The van der Waals surface area contributed by atoms with E-state index in [2.05, 4.69) is 4.98 Å². The smallest absolute Gasteiger partial charge is 0.159 e. The molecule has 0 aliphatic heterocycles. The van der Waals surface area contributed by atoms with Crippen LogP contribution in [0.4, 0.5) is 0 Å². The number of carbonyl (C=O) groups excluding carboxylic acids is 1. The average Bonchev–Trinajstić information content (AvgIpc) is 2.83. The molecule has 17 heavy (non-hydrogen) atoms. The molecule has 3 heteroatoms. The fourth-order valence-corrected chi connectivity index (χ4v) is 1.63. The molecule has 1 unspecified atom stereocenters. The zero-order chi connectivity index (χ0) is 12.3. The van der Waals surface area contributed by atoms with Crippen molar-refractivity contribution in [3.8, 4) is 5.75 Å². The lowest BCUT2D eigenvalue weighted by atomic mass is 10.1. The Kier molecular flexibility index (Phi) is 3.28. The van der Waals surface area contributed by atoms with E-state index in [1.807, 2.05) is 37.4 Å². The Morgan fingerprint density at radius 2 is 1.94 bits per heavy atom. The van der Waals surface area contributed by atoms with E-state index in [0.717, 1.165) is 11.4 Å². The first-order valence-corrected chi connectivity index (χ1v) is 5.58. The Hall–Kier alpha value is -2.03. The summed E-state index contributed by atoms with van der Waals surface area (Å²) in [5.74, 6) is 0.825. The van der Waals surface area contributed by atoms with E-state index in [9.17, 15) is 4.79 Å². The molecule has 3 nitrogen and oxygen atoms in total. The van der Waals surface area contributed by atoms with Gasteiger partial charge in [0, 0.05) is 11.8 Å². The van der Waals surface area contributed by atoms with Crippen molar-refractivity contribution in [3.63, 3.8) is 0 Å². The summed E-state index contributed by atoms with van der Waals surface area (Å²) in [7, 11) is 0. The third-order valence-electron chi connectivity index (χ3n) is 2.63. The van der Waals surface area contributed by atoms with Gasteiger partial charge in [-0.15, -0.1) is 0 Å². The minimum Gasteiger partial charge on any atom is -0.485 e. The van der Waals surface area contributed by atoms with E-state index >= 15 is 0 Å². The van der Waals surface area contributed by atoms with Gasteiger partial charge in [-0.25, -0.2) is 0 Å². The molecule has 1 heterocycles. The second-order valence-electron chi connectivity index (χ2n) is 3.97. The number of benzene rings is 1. The monoisotopic (exact) mass is 229 g/mol. The summed E-state index contributed by atoms with van der Waals surface area (Å²) in [6.45, 7) is 3.53. The summed E-state index contributed by atoms with van der Waals surface area (Å²) in [6.07, 6.45) is 1.83. The molecule has 0 spiro atoms. The SMILES string of the molecule is CC(=O)c1ccc(OC(C)c2ccc[nH]2)cc1. The van der Waals surface area contributed by atoms with E-state index in [-0.39, 0.29) is 11.9 Å². The molecular weight excluding hydrogens is 214 g/mol. The summed E-state index contributed by atoms with van der Waals surface area (Å²) in [5.41, 5.74) is 1.73. The molecule has 1 N–H and O–H groups in total. The highest BCUT2D eigenvalue weighted by atomic mass is 16.5. The van der Waals surface area contributed by atoms with Gasteiger partial charge in [0.05, 0.1) is 5.69 Å². The normalized spacial score (nSPS) is 12.1. The van der Waals surface area contributed by atoms with Gasteiger partial charge in [-0.1, -0.05) is 0 Å². The molecular formula is C14H15NO2. The molecule has 0 fully saturated rings. The maximum Gasteiger partial charge on any atom is 0.159 e. The molecule has 0 aliphatic carbocycles. The number of carbonyl (C=O) groups is 1. The van der Waals surface area contributed by atoms with Gasteiger partial charge in [0.1, 0.15) is 11.9 Å². The van der Waals surface area contributed by atoms with Crippen molar-refractivity contribution in [2.24, 2.45) is 0 Å². The van der Waals surface area contributed by atoms with E-state index in [1.54, 1.807) is 19.1 Å². The van der Waals surface area contributed by atoms with Crippen LogP contribution < -0.4 is 4.74 Å². The fourth-order valence-electron chi connectivity index (χ4n) is 1.63. The molecule has 0 aliphatic rings. The maximum atomic E-state index is 11.1. The first kappa shape index (κ1) is 11.5. The van der Waals surface area contributed by atoms with Crippen LogP contribution in [0.15, 0.2) is 42.6 Å².